The van der Waals surface area contributed by atoms with Crippen LogP contribution in [0, 0.1) is 0 Å². The van der Waals surface area contributed by atoms with Crippen molar-refractivity contribution in [3.8, 4) is 0 Å². The second kappa shape index (κ2) is 3.69. The zero-order valence-electron chi connectivity index (χ0n) is 13.4. The van der Waals surface area contributed by atoms with Gasteiger partial charge in [0.1, 0.15) is 0 Å². The van der Waals surface area contributed by atoms with Crippen molar-refractivity contribution in [3.05, 3.63) is 0 Å². The van der Waals surface area contributed by atoms with E-state index < -0.39 is 29.2 Å². The zero-order chi connectivity index (χ0) is 13.7. The van der Waals surface area contributed by atoms with Crippen LogP contribution in [0.3, 0.4) is 0 Å². The first-order valence-corrected chi connectivity index (χ1v) is 40.4. The van der Waals surface area contributed by atoms with Gasteiger partial charge in [0, 0.05) is 0 Å². The Morgan fingerprint density at radius 2 is 0.588 bits per heavy atom. The van der Waals surface area contributed by atoms with E-state index in [-0.39, 0.29) is 25.3 Å². The van der Waals surface area contributed by atoms with E-state index in [4.69, 9.17) is 0 Å². The van der Waals surface area contributed by atoms with E-state index in [9.17, 15) is 0 Å². The standard InChI is InChI=1S/C10H30As2Si5/c1-13(2)11-14(3,4)15(5,6)12(13)17(9,10)16(11,7)8/h1-10H3. The first-order valence-electron chi connectivity index (χ1n) is 6.84. The number of fused-ring (bicyclic) bond motifs is 2. The van der Waals surface area contributed by atoms with Crippen LogP contribution >= 0.6 is 0 Å². The molecule has 0 amide bonds. The predicted octanol–water partition coefficient (Wildman–Crippen LogP) is 3.17. The van der Waals surface area contributed by atoms with Crippen molar-refractivity contribution in [2.45, 2.75) is 65.5 Å². The summed E-state index contributed by atoms with van der Waals surface area (Å²) < 4.78 is 0. The Morgan fingerprint density at radius 1 is 0.412 bits per heavy atom. The molecule has 2 bridgehead atoms. The van der Waals surface area contributed by atoms with Crippen molar-refractivity contribution in [2.75, 3.05) is 0 Å². The third-order valence-electron chi connectivity index (χ3n) is 6.32. The van der Waals surface area contributed by atoms with E-state index >= 15 is 0 Å². The Hall–Kier alpha value is 2.20. The Labute approximate surface area is 119 Å². The van der Waals surface area contributed by atoms with Gasteiger partial charge in [-0.05, 0) is 0 Å². The maximum absolute atomic E-state index is 2.93. The van der Waals surface area contributed by atoms with E-state index in [1.807, 2.05) is 0 Å². The fourth-order valence-corrected chi connectivity index (χ4v) is 789. The SMILES string of the molecule is C[Si]1(C)[As]2[Si](C)(C)[Si](C)(C)[As]1[Si](C)(C)[Si]2(C)C. The molecule has 2 saturated heterocycles. The van der Waals surface area contributed by atoms with E-state index in [0.29, 0.717) is 0 Å². The molecular formula is C10H30As2Si5. The predicted molar refractivity (Wildman–Crippen MR) is 98.9 cm³/mol. The van der Waals surface area contributed by atoms with Crippen molar-refractivity contribution in [3.63, 3.8) is 0 Å². The molecule has 0 nitrogen and oxygen atoms in total. The van der Waals surface area contributed by atoms with Crippen LogP contribution < -0.4 is 0 Å². The molecule has 0 unspecified atom stereocenters. The molecule has 2 fully saturated rings. The minimum absolute atomic E-state index is 0.342. The maximum atomic E-state index is 2.93. The van der Waals surface area contributed by atoms with Crippen LogP contribution in [0.5, 0.6) is 0 Å². The Bertz CT molecular complexity index is 313. The molecule has 2 aliphatic rings. The second-order valence-electron chi connectivity index (χ2n) is 8.40. The van der Waals surface area contributed by atoms with Gasteiger partial charge in [-0.15, -0.1) is 0 Å². The number of rotatable bonds is 0. The second-order valence-corrected chi connectivity index (χ2v) is 128. The van der Waals surface area contributed by atoms with Gasteiger partial charge in [0.2, 0.25) is 0 Å². The normalized spacial score (nSPS) is 42.7. The molecule has 0 aromatic carbocycles. The van der Waals surface area contributed by atoms with E-state index in [2.05, 4.69) is 65.5 Å². The van der Waals surface area contributed by atoms with Gasteiger partial charge >= 0.3 is 120 Å². The summed E-state index contributed by atoms with van der Waals surface area (Å²) in [5.74, 6) is 0. The molecule has 0 spiro atoms. The Morgan fingerprint density at radius 3 is 0.706 bits per heavy atom. The quantitative estimate of drug-likeness (QED) is 0.508. The summed E-state index contributed by atoms with van der Waals surface area (Å²) >= 11 is -0.684. The molecule has 2 aliphatic heterocycles. The molecule has 2 heterocycles. The van der Waals surface area contributed by atoms with E-state index in [1.54, 1.807) is 0 Å². The molecule has 0 radical (unpaired) electrons. The molecule has 17 heavy (non-hydrogen) atoms. The molecule has 0 atom stereocenters. The van der Waals surface area contributed by atoms with Gasteiger partial charge < -0.3 is 0 Å². The van der Waals surface area contributed by atoms with Crippen LogP contribution in [0.2, 0.25) is 65.5 Å². The average molecular weight is 441 g/mol. The van der Waals surface area contributed by atoms with Crippen molar-refractivity contribution in [2.24, 2.45) is 0 Å². The van der Waals surface area contributed by atoms with Crippen LogP contribution in [-0.4, -0.2) is 54.6 Å². The Kier molecular flexibility index (Phi) is 3.38. The van der Waals surface area contributed by atoms with Crippen LogP contribution in [0.4, 0.5) is 0 Å². The molecule has 100 valence electrons. The Balaban J connectivity index is 2.73. The van der Waals surface area contributed by atoms with Gasteiger partial charge in [-0.1, -0.05) is 0 Å². The summed E-state index contributed by atoms with van der Waals surface area (Å²) in [7, 11) is 0. The van der Waals surface area contributed by atoms with Gasteiger partial charge in [-0.2, -0.15) is 0 Å². The van der Waals surface area contributed by atoms with Crippen LogP contribution in [-0.2, 0) is 0 Å². The zero-order valence-corrected chi connectivity index (χ0v) is 22.1. The van der Waals surface area contributed by atoms with Gasteiger partial charge in [0.05, 0.1) is 0 Å². The van der Waals surface area contributed by atoms with Crippen molar-refractivity contribution in [1.29, 1.82) is 0 Å². The number of hydrogen-bond acceptors (Lipinski definition) is 0. The first-order chi connectivity index (χ1) is 7.23. The van der Waals surface area contributed by atoms with Crippen molar-refractivity contribution in [1.82, 2.24) is 0 Å². The molecule has 0 saturated carbocycles. The van der Waals surface area contributed by atoms with Gasteiger partial charge in [0.15, 0.2) is 0 Å². The molecule has 7 heteroatoms. The summed E-state index contributed by atoms with van der Waals surface area (Å²) in [4.78, 5) is 0. The third-order valence-corrected chi connectivity index (χ3v) is 321. The molecule has 0 aromatic rings. The average Bonchev–Trinajstić information content (AvgIpc) is 2.14. The number of hydrogen-bond donors (Lipinski definition) is 0. The molecule has 0 N–H and O–H groups in total. The summed E-state index contributed by atoms with van der Waals surface area (Å²) in [6, 6.07) is -2.80. The molecular weight excluding hydrogens is 410 g/mol. The molecule has 0 aromatic heterocycles. The summed E-state index contributed by atoms with van der Waals surface area (Å²) in [5.41, 5.74) is 0. The first kappa shape index (κ1) is 15.6. The monoisotopic (exact) mass is 440 g/mol. The van der Waals surface area contributed by atoms with Gasteiger partial charge in [-0.25, -0.2) is 0 Å². The van der Waals surface area contributed by atoms with Crippen molar-refractivity contribution < 1.29 is 0 Å². The van der Waals surface area contributed by atoms with Crippen LogP contribution in [0.25, 0.3) is 0 Å². The fourth-order valence-electron chi connectivity index (χ4n) is 5.33. The molecule has 2 rings (SSSR count). The summed E-state index contributed by atoms with van der Waals surface area (Å²) in [6.45, 7) is 29.1. The van der Waals surface area contributed by atoms with Crippen LogP contribution in [0.1, 0.15) is 0 Å². The summed E-state index contributed by atoms with van der Waals surface area (Å²) in [6.07, 6.45) is 0. The van der Waals surface area contributed by atoms with Gasteiger partial charge in [-0.3, -0.25) is 0 Å². The topological polar surface area (TPSA) is 0 Å². The summed E-state index contributed by atoms with van der Waals surface area (Å²) in [5, 5.41) is -0.639. The minimum atomic E-state index is -0.699. The molecule has 0 aliphatic carbocycles. The third kappa shape index (κ3) is 1.51. The van der Waals surface area contributed by atoms with E-state index in [0.717, 1.165) is 0 Å². The van der Waals surface area contributed by atoms with Gasteiger partial charge in [0.25, 0.3) is 0 Å². The van der Waals surface area contributed by atoms with Crippen LogP contribution in [0.15, 0.2) is 0 Å². The van der Waals surface area contributed by atoms with E-state index in [1.165, 1.54) is 0 Å². The fraction of sp³-hybridized carbons (Fsp3) is 1.00. The van der Waals surface area contributed by atoms with Crippen molar-refractivity contribution >= 4 is 54.6 Å².